The largest absolute Gasteiger partial charge is 0.296 e. The molecule has 3 heterocycles. The van der Waals surface area contributed by atoms with E-state index in [1.807, 2.05) is 30.7 Å². The first-order valence-corrected chi connectivity index (χ1v) is 17.1. The number of benzene rings is 6. The molecule has 50 heavy (non-hydrogen) atoms. The van der Waals surface area contributed by atoms with Crippen LogP contribution in [0.5, 0.6) is 0 Å². The first-order chi connectivity index (χ1) is 24.6. The van der Waals surface area contributed by atoms with Crippen molar-refractivity contribution < 1.29 is 0 Å². The molecular weight excluding hydrogens is 609 g/mol. The molecule has 0 bridgehead atoms. The highest BCUT2D eigenvalue weighted by Gasteiger charge is 2.35. The number of rotatable bonds is 4. The molecule has 9 aromatic rings. The molecule has 0 unspecified atom stereocenters. The van der Waals surface area contributed by atoms with Crippen molar-refractivity contribution in [3.63, 3.8) is 0 Å². The lowest BCUT2D eigenvalue weighted by molar-refractivity contribution is 0.660. The molecule has 1 aliphatic carbocycles. The van der Waals surface area contributed by atoms with Gasteiger partial charge in [-0.3, -0.25) is 9.38 Å². The maximum Gasteiger partial charge on any atom is 0.164 e. The summed E-state index contributed by atoms with van der Waals surface area (Å²) in [5.41, 5.74) is 14.4. The Morgan fingerprint density at radius 2 is 1.18 bits per heavy atom. The maximum absolute atomic E-state index is 5.48. The minimum absolute atomic E-state index is 0.111. The van der Waals surface area contributed by atoms with Gasteiger partial charge in [0.15, 0.2) is 5.65 Å². The van der Waals surface area contributed by atoms with Crippen LogP contribution in [-0.2, 0) is 5.41 Å². The first-order valence-electron chi connectivity index (χ1n) is 17.1. The van der Waals surface area contributed by atoms with E-state index in [9.17, 15) is 0 Å². The van der Waals surface area contributed by atoms with E-state index in [1.165, 1.54) is 49.5 Å². The van der Waals surface area contributed by atoms with Crippen LogP contribution in [0.1, 0.15) is 25.0 Å². The Kier molecular flexibility index (Phi) is 6.19. The Balaban J connectivity index is 1.22. The molecular formula is C46H32N4. The Labute approximate surface area is 290 Å². The van der Waals surface area contributed by atoms with Crippen molar-refractivity contribution in [3.8, 4) is 56.0 Å². The molecule has 236 valence electrons. The molecule has 10 rings (SSSR count). The predicted molar refractivity (Wildman–Crippen MR) is 205 cm³/mol. The SMILES string of the molecule is CC1(C)c2ccccc2-c2ccc(-c3cn4c(-c5ccncc5)cnc4c(-c4ccc(-c5cccc6ccccc56)c5ccccc45)n3)cc21. The van der Waals surface area contributed by atoms with E-state index in [0.717, 1.165) is 44.8 Å². The smallest absolute Gasteiger partial charge is 0.164 e. The van der Waals surface area contributed by atoms with Crippen LogP contribution in [0.2, 0.25) is 0 Å². The molecule has 0 saturated carbocycles. The average molecular weight is 641 g/mol. The fraction of sp³-hybridized carbons (Fsp3) is 0.0652. The van der Waals surface area contributed by atoms with Gasteiger partial charge in [0.2, 0.25) is 0 Å². The molecule has 0 saturated heterocycles. The minimum atomic E-state index is -0.111. The number of hydrogen-bond acceptors (Lipinski definition) is 3. The fourth-order valence-electron chi connectivity index (χ4n) is 8.11. The number of pyridine rings is 1. The molecule has 3 aromatic heterocycles. The van der Waals surface area contributed by atoms with E-state index in [0.29, 0.717) is 0 Å². The number of aromatic nitrogens is 4. The fourth-order valence-corrected chi connectivity index (χ4v) is 8.11. The van der Waals surface area contributed by atoms with Gasteiger partial charge in [0.25, 0.3) is 0 Å². The van der Waals surface area contributed by atoms with E-state index in [-0.39, 0.29) is 5.41 Å². The van der Waals surface area contributed by atoms with Crippen LogP contribution in [0.3, 0.4) is 0 Å². The average Bonchev–Trinajstić information content (AvgIpc) is 3.70. The number of fused-ring (bicyclic) bond motifs is 6. The van der Waals surface area contributed by atoms with Crippen LogP contribution in [0.15, 0.2) is 158 Å². The van der Waals surface area contributed by atoms with Gasteiger partial charge < -0.3 is 0 Å². The Morgan fingerprint density at radius 3 is 2.04 bits per heavy atom. The Morgan fingerprint density at radius 1 is 0.540 bits per heavy atom. The van der Waals surface area contributed by atoms with Crippen molar-refractivity contribution in [1.82, 2.24) is 19.4 Å². The van der Waals surface area contributed by atoms with Gasteiger partial charge in [0.05, 0.1) is 17.6 Å². The van der Waals surface area contributed by atoms with Gasteiger partial charge in [0, 0.05) is 40.7 Å². The van der Waals surface area contributed by atoms with Gasteiger partial charge in [-0.25, -0.2) is 9.97 Å². The van der Waals surface area contributed by atoms with E-state index < -0.39 is 0 Å². The lowest BCUT2D eigenvalue weighted by Gasteiger charge is -2.22. The molecule has 0 radical (unpaired) electrons. The summed E-state index contributed by atoms with van der Waals surface area (Å²) in [5, 5.41) is 4.80. The third-order valence-corrected chi connectivity index (χ3v) is 10.6. The van der Waals surface area contributed by atoms with E-state index in [4.69, 9.17) is 9.97 Å². The first kappa shape index (κ1) is 28.6. The van der Waals surface area contributed by atoms with Crippen molar-refractivity contribution in [1.29, 1.82) is 0 Å². The lowest BCUT2D eigenvalue weighted by Crippen LogP contribution is -2.15. The topological polar surface area (TPSA) is 43.1 Å². The van der Waals surface area contributed by atoms with Crippen molar-refractivity contribution in [2.75, 3.05) is 0 Å². The van der Waals surface area contributed by atoms with Crippen LogP contribution < -0.4 is 0 Å². The summed E-state index contributed by atoms with van der Waals surface area (Å²) in [6.45, 7) is 4.65. The predicted octanol–water partition coefficient (Wildman–Crippen LogP) is 11.4. The zero-order chi connectivity index (χ0) is 33.4. The van der Waals surface area contributed by atoms with Gasteiger partial charge >= 0.3 is 0 Å². The van der Waals surface area contributed by atoms with Crippen molar-refractivity contribution in [2.45, 2.75) is 19.3 Å². The lowest BCUT2D eigenvalue weighted by atomic mass is 9.82. The minimum Gasteiger partial charge on any atom is -0.296 e. The van der Waals surface area contributed by atoms with Gasteiger partial charge in [-0.05, 0) is 73.1 Å². The molecule has 0 N–H and O–H groups in total. The number of imidazole rings is 1. The normalized spacial score (nSPS) is 13.2. The zero-order valence-electron chi connectivity index (χ0n) is 27.8. The molecule has 0 fully saturated rings. The highest BCUT2D eigenvalue weighted by molar-refractivity contribution is 6.10. The van der Waals surface area contributed by atoms with Crippen molar-refractivity contribution >= 4 is 27.2 Å². The standard InChI is InChI=1S/C46H32N4/c1-46(2)40-17-8-7-15-37(40)38-19-18-31(26-41(38)46)42-28-50-43(30-22-24-47-25-23-30)27-48-45(50)44(49-42)39-21-20-36(34-13-5-6-14-35(34)39)33-16-9-11-29-10-3-4-12-32(29)33/h3-28H,1-2H3. The molecule has 1 aliphatic rings. The molecule has 4 nitrogen and oxygen atoms in total. The summed E-state index contributed by atoms with van der Waals surface area (Å²) in [6, 6.07) is 48.0. The Bertz CT molecular complexity index is 2790. The molecule has 0 spiro atoms. The highest BCUT2D eigenvalue weighted by atomic mass is 15.0. The van der Waals surface area contributed by atoms with Crippen LogP contribution >= 0.6 is 0 Å². The summed E-state index contributed by atoms with van der Waals surface area (Å²) >= 11 is 0. The van der Waals surface area contributed by atoms with Crippen LogP contribution in [0.4, 0.5) is 0 Å². The third kappa shape index (κ3) is 4.21. The summed E-state index contributed by atoms with van der Waals surface area (Å²) in [4.78, 5) is 14.8. The number of nitrogens with zero attached hydrogens (tertiary/aromatic N) is 4. The molecule has 0 amide bonds. The van der Waals surface area contributed by atoms with Crippen molar-refractivity contribution in [3.05, 3.63) is 169 Å². The monoisotopic (exact) mass is 640 g/mol. The van der Waals surface area contributed by atoms with Crippen LogP contribution in [0, 0.1) is 0 Å². The van der Waals surface area contributed by atoms with Gasteiger partial charge in [-0.1, -0.05) is 129 Å². The van der Waals surface area contributed by atoms with Crippen molar-refractivity contribution in [2.24, 2.45) is 0 Å². The molecule has 0 atom stereocenters. The van der Waals surface area contributed by atoms with Crippen LogP contribution in [0.25, 0.3) is 83.2 Å². The molecule has 0 aliphatic heterocycles. The van der Waals surface area contributed by atoms with E-state index >= 15 is 0 Å². The Hall–Kier alpha value is -6.39. The summed E-state index contributed by atoms with van der Waals surface area (Å²) in [6.07, 6.45) is 7.76. The van der Waals surface area contributed by atoms with Gasteiger partial charge in [-0.2, -0.15) is 0 Å². The second-order valence-corrected chi connectivity index (χ2v) is 13.7. The summed E-state index contributed by atoms with van der Waals surface area (Å²) in [7, 11) is 0. The zero-order valence-corrected chi connectivity index (χ0v) is 27.8. The number of hydrogen-bond donors (Lipinski definition) is 0. The molecule has 6 aromatic carbocycles. The highest BCUT2D eigenvalue weighted by Crippen LogP contribution is 2.49. The summed E-state index contributed by atoms with van der Waals surface area (Å²) in [5.74, 6) is 0. The quantitative estimate of drug-likeness (QED) is 0.192. The maximum atomic E-state index is 5.48. The van der Waals surface area contributed by atoms with E-state index in [1.54, 1.807) is 0 Å². The summed E-state index contributed by atoms with van der Waals surface area (Å²) < 4.78 is 2.20. The van der Waals surface area contributed by atoms with Gasteiger partial charge in [0.1, 0.15) is 5.69 Å². The molecule has 4 heteroatoms. The third-order valence-electron chi connectivity index (χ3n) is 10.6. The van der Waals surface area contributed by atoms with E-state index in [2.05, 4.69) is 151 Å². The second kappa shape index (κ2) is 10.8. The van der Waals surface area contributed by atoms with Gasteiger partial charge in [-0.15, -0.1) is 0 Å². The van der Waals surface area contributed by atoms with Crippen LogP contribution in [-0.4, -0.2) is 19.4 Å². The second-order valence-electron chi connectivity index (χ2n) is 13.7.